The van der Waals surface area contributed by atoms with E-state index >= 15 is 0 Å². The quantitative estimate of drug-likeness (QED) is 0.641. The summed E-state index contributed by atoms with van der Waals surface area (Å²) in [7, 11) is 0. The van der Waals surface area contributed by atoms with Crippen molar-refractivity contribution in [3.05, 3.63) is 60.2 Å². The van der Waals surface area contributed by atoms with E-state index in [4.69, 9.17) is 5.11 Å². The van der Waals surface area contributed by atoms with Crippen molar-refractivity contribution in [2.75, 3.05) is 23.8 Å². The number of hydrogen-bond acceptors (Lipinski definition) is 5. The van der Waals surface area contributed by atoms with E-state index in [-0.39, 0.29) is 5.82 Å². The molecule has 0 atom stereocenters. The molecule has 0 spiro atoms. The maximum Gasteiger partial charge on any atom is 0.250 e. The molecule has 0 aliphatic carbocycles. The normalized spacial score (nSPS) is 10.6. The highest BCUT2D eigenvalue weighted by molar-refractivity contribution is 5.91. The number of halogens is 1. The first-order chi connectivity index (χ1) is 12.2. The Kier molecular flexibility index (Phi) is 5.15. The number of anilines is 2. The summed E-state index contributed by atoms with van der Waals surface area (Å²) in [5.41, 5.74) is 2.38. The zero-order chi connectivity index (χ0) is 17.6. The largest absolute Gasteiger partial charge is 0.387 e. The molecule has 0 fully saturated rings. The molecule has 0 unspecified atom stereocenters. The van der Waals surface area contributed by atoms with Gasteiger partial charge in [0.05, 0.1) is 5.52 Å². The number of aliphatic hydroxyl groups is 1. The van der Waals surface area contributed by atoms with Gasteiger partial charge in [-0.1, -0.05) is 12.1 Å². The molecule has 6 nitrogen and oxygen atoms in total. The molecule has 0 aliphatic rings. The van der Waals surface area contributed by atoms with Gasteiger partial charge in [-0.25, -0.2) is 14.4 Å². The fourth-order valence-electron chi connectivity index (χ4n) is 2.45. The Balaban J connectivity index is 1.61. The average Bonchev–Trinajstić information content (AvgIpc) is 2.63. The summed E-state index contributed by atoms with van der Waals surface area (Å²) in [4.78, 5) is 19.4. The molecule has 7 heteroatoms. The van der Waals surface area contributed by atoms with Crippen LogP contribution in [0, 0.1) is 5.82 Å². The lowest BCUT2D eigenvalue weighted by Gasteiger charge is -2.09. The molecule has 0 radical (unpaired) electrons. The molecule has 128 valence electrons. The number of amides is 1. The highest BCUT2D eigenvalue weighted by atomic mass is 19.1. The van der Waals surface area contributed by atoms with Gasteiger partial charge in [0, 0.05) is 17.6 Å². The Morgan fingerprint density at radius 3 is 2.68 bits per heavy atom. The van der Waals surface area contributed by atoms with E-state index in [0.717, 1.165) is 12.0 Å². The van der Waals surface area contributed by atoms with Gasteiger partial charge < -0.3 is 15.7 Å². The minimum absolute atomic E-state index is 0.328. The fourth-order valence-corrected chi connectivity index (χ4v) is 2.45. The Hall–Kier alpha value is -3.06. The molecule has 1 aromatic heterocycles. The van der Waals surface area contributed by atoms with Crippen molar-refractivity contribution in [3.8, 4) is 0 Å². The van der Waals surface area contributed by atoms with E-state index in [1.54, 1.807) is 18.2 Å². The average molecular weight is 340 g/mol. The number of carbonyl (C=O) groups is 1. The van der Waals surface area contributed by atoms with Crippen LogP contribution < -0.4 is 10.6 Å². The number of aromatic nitrogens is 2. The lowest BCUT2D eigenvalue weighted by molar-refractivity contribution is -0.118. The lowest BCUT2D eigenvalue weighted by Crippen LogP contribution is -2.15. The molecule has 3 N–H and O–H groups in total. The van der Waals surface area contributed by atoms with Crippen LogP contribution in [-0.4, -0.2) is 34.1 Å². The first-order valence-electron chi connectivity index (χ1n) is 7.79. The van der Waals surface area contributed by atoms with Gasteiger partial charge in [-0.2, -0.15) is 0 Å². The van der Waals surface area contributed by atoms with Crippen LogP contribution in [0.3, 0.4) is 0 Å². The molecule has 0 saturated carbocycles. The third kappa shape index (κ3) is 4.27. The predicted octanol–water partition coefficient (Wildman–Crippen LogP) is 2.35. The number of nitrogens with zero attached hydrogens (tertiary/aromatic N) is 2. The summed E-state index contributed by atoms with van der Waals surface area (Å²) >= 11 is 0. The second kappa shape index (κ2) is 7.67. The third-order valence-corrected chi connectivity index (χ3v) is 3.68. The molecule has 2 aromatic carbocycles. The highest BCUT2D eigenvalue weighted by Crippen LogP contribution is 2.20. The second-order valence-electron chi connectivity index (χ2n) is 5.46. The molecule has 3 aromatic rings. The van der Waals surface area contributed by atoms with Gasteiger partial charge in [0.15, 0.2) is 0 Å². The zero-order valence-electron chi connectivity index (χ0n) is 13.4. The van der Waals surface area contributed by atoms with Crippen molar-refractivity contribution < 1.29 is 14.3 Å². The van der Waals surface area contributed by atoms with Gasteiger partial charge in [-0.15, -0.1) is 0 Å². The molecule has 0 bridgehead atoms. The maximum atomic E-state index is 13.4. The standard InChI is InChI=1S/C18H17FN4O2/c19-13-3-6-16-15(9-13)18(22-11-21-16)20-8-7-12-1-4-14(5-2-12)23-17(25)10-24/h1-6,9,11,24H,7-8,10H2,(H,23,25)(H,20,21,22). The Morgan fingerprint density at radius 2 is 1.92 bits per heavy atom. The van der Waals surface area contributed by atoms with E-state index in [1.807, 2.05) is 12.1 Å². The second-order valence-corrected chi connectivity index (χ2v) is 5.46. The fraction of sp³-hybridized carbons (Fsp3) is 0.167. The van der Waals surface area contributed by atoms with E-state index < -0.39 is 12.5 Å². The zero-order valence-corrected chi connectivity index (χ0v) is 13.4. The summed E-state index contributed by atoms with van der Waals surface area (Å²) in [6, 6.07) is 11.7. The van der Waals surface area contributed by atoms with Crippen LogP contribution in [0.4, 0.5) is 15.9 Å². The van der Waals surface area contributed by atoms with Crippen LogP contribution in [0.25, 0.3) is 10.9 Å². The lowest BCUT2D eigenvalue weighted by atomic mass is 10.1. The van der Waals surface area contributed by atoms with E-state index in [2.05, 4.69) is 20.6 Å². The topological polar surface area (TPSA) is 87.1 Å². The first-order valence-corrected chi connectivity index (χ1v) is 7.79. The summed E-state index contributed by atoms with van der Waals surface area (Å²) in [5, 5.41) is 15.1. The molecule has 0 aliphatic heterocycles. The Labute approximate surface area is 143 Å². The molecule has 3 rings (SSSR count). The number of hydrogen-bond donors (Lipinski definition) is 3. The van der Waals surface area contributed by atoms with E-state index in [1.165, 1.54) is 18.5 Å². The van der Waals surface area contributed by atoms with Crippen LogP contribution in [0.15, 0.2) is 48.8 Å². The Bertz CT molecular complexity index is 884. The van der Waals surface area contributed by atoms with Gasteiger partial charge in [-0.05, 0) is 42.3 Å². The number of rotatable bonds is 6. The molecule has 0 saturated heterocycles. The SMILES string of the molecule is O=C(CO)Nc1ccc(CCNc2ncnc3ccc(F)cc23)cc1. The summed E-state index contributed by atoms with van der Waals surface area (Å²) in [6.45, 7) is 0.0735. The monoisotopic (exact) mass is 340 g/mol. The van der Waals surface area contributed by atoms with Crippen LogP contribution in [0.1, 0.15) is 5.56 Å². The van der Waals surface area contributed by atoms with Crippen LogP contribution in [-0.2, 0) is 11.2 Å². The van der Waals surface area contributed by atoms with E-state index in [9.17, 15) is 9.18 Å². The van der Waals surface area contributed by atoms with Gasteiger partial charge in [0.2, 0.25) is 5.91 Å². The smallest absolute Gasteiger partial charge is 0.250 e. The first kappa shape index (κ1) is 16.8. The van der Waals surface area contributed by atoms with Crippen LogP contribution >= 0.6 is 0 Å². The highest BCUT2D eigenvalue weighted by Gasteiger charge is 2.05. The number of nitrogens with one attached hydrogen (secondary N) is 2. The van der Waals surface area contributed by atoms with Gasteiger partial charge in [0.25, 0.3) is 0 Å². The van der Waals surface area contributed by atoms with Crippen molar-refractivity contribution in [1.29, 1.82) is 0 Å². The molecule has 1 heterocycles. The molecular formula is C18H17FN4O2. The minimum Gasteiger partial charge on any atom is -0.387 e. The number of carbonyl (C=O) groups excluding carboxylic acids is 1. The van der Waals surface area contributed by atoms with Crippen molar-refractivity contribution in [2.24, 2.45) is 0 Å². The van der Waals surface area contributed by atoms with Crippen molar-refractivity contribution in [1.82, 2.24) is 9.97 Å². The van der Waals surface area contributed by atoms with Crippen LogP contribution in [0.5, 0.6) is 0 Å². The molecular weight excluding hydrogens is 323 g/mol. The Morgan fingerprint density at radius 1 is 1.12 bits per heavy atom. The minimum atomic E-state index is -0.543. The molecule has 1 amide bonds. The third-order valence-electron chi connectivity index (χ3n) is 3.68. The van der Waals surface area contributed by atoms with Gasteiger partial charge in [0.1, 0.15) is 24.6 Å². The summed E-state index contributed by atoms with van der Waals surface area (Å²) in [6.07, 6.45) is 2.18. The van der Waals surface area contributed by atoms with Crippen molar-refractivity contribution in [3.63, 3.8) is 0 Å². The van der Waals surface area contributed by atoms with Crippen molar-refractivity contribution >= 4 is 28.3 Å². The predicted molar refractivity (Wildman–Crippen MR) is 93.8 cm³/mol. The number of aliphatic hydroxyl groups excluding tert-OH is 1. The van der Waals surface area contributed by atoms with Crippen molar-refractivity contribution in [2.45, 2.75) is 6.42 Å². The summed E-state index contributed by atoms with van der Waals surface area (Å²) in [5.74, 6) is -0.181. The number of fused-ring (bicyclic) bond motifs is 1. The maximum absolute atomic E-state index is 13.4. The summed E-state index contributed by atoms with van der Waals surface area (Å²) < 4.78 is 13.4. The molecule has 25 heavy (non-hydrogen) atoms. The number of benzene rings is 2. The van der Waals surface area contributed by atoms with Gasteiger partial charge >= 0.3 is 0 Å². The van der Waals surface area contributed by atoms with Gasteiger partial charge in [-0.3, -0.25) is 4.79 Å². The van der Waals surface area contributed by atoms with Crippen LogP contribution in [0.2, 0.25) is 0 Å². The van der Waals surface area contributed by atoms with E-state index in [0.29, 0.717) is 29.0 Å².